The highest BCUT2D eigenvalue weighted by Gasteiger charge is 2.09. The van der Waals surface area contributed by atoms with Crippen molar-refractivity contribution in [3.8, 4) is 11.5 Å². The van der Waals surface area contributed by atoms with Gasteiger partial charge in [-0.3, -0.25) is 0 Å². The molecule has 0 aliphatic rings. The molecule has 9 heteroatoms. The van der Waals surface area contributed by atoms with Gasteiger partial charge in [-0.1, -0.05) is 24.8 Å². The van der Waals surface area contributed by atoms with E-state index >= 15 is 0 Å². The summed E-state index contributed by atoms with van der Waals surface area (Å²) in [6.07, 6.45) is 4.76. The monoisotopic (exact) mass is 576 g/mol. The van der Waals surface area contributed by atoms with Crippen molar-refractivity contribution in [3.05, 3.63) is 121 Å². The molecule has 4 aromatic rings. The van der Waals surface area contributed by atoms with Crippen molar-refractivity contribution in [2.75, 3.05) is 13.2 Å². The molecule has 0 heterocycles. The van der Waals surface area contributed by atoms with E-state index in [-0.39, 0.29) is 0 Å². The minimum absolute atomic E-state index is 0.394. The summed E-state index contributed by atoms with van der Waals surface area (Å²) in [6.45, 7) is 4.33. The van der Waals surface area contributed by atoms with Crippen LogP contribution in [0.4, 0.5) is 22.7 Å². The van der Waals surface area contributed by atoms with Gasteiger partial charge in [0.05, 0.1) is 41.5 Å². The zero-order valence-electron chi connectivity index (χ0n) is 23.7. The molecule has 0 aliphatic heterocycles. The van der Waals surface area contributed by atoms with Crippen molar-refractivity contribution in [1.29, 1.82) is 0 Å². The number of esters is 2. The Morgan fingerprint density at radius 3 is 1.63 bits per heavy atom. The summed E-state index contributed by atoms with van der Waals surface area (Å²) in [5.41, 5.74) is 3.20. The number of rotatable bonds is 15. The first-order valence-electron chi connectivity index (χ1n) is 13.9. The van der Waals surface area contributed by atoms with Crippen LogP contribution in [-0.2, 0) is 9.53 Å². The van der Waals surface area contributed by atoms with Crippen LogP contribution in [-0.4, -0.2) is 25.2 Å². The Morgan fingerprint density at radius 1 is 0.581 bits per heavy atom. The number of hydrogen-bond acceptors (Lipinski definition) is 9. The smallest absolute Gasteiger partial charge is 0.343 e. The van der Waals surface area contributed by atoms with E-state index in [9.17, 15) is 9.59 Å². The number of nitrogens with zero attached hydrogens (tertiary/aromatic N) is 4. The Labute approximate surface area is 250 Å². The summed E-state index contributed by atoms with van der Waals surface area (Å²) < 4.78 is 16.2. The van der Waals surface area contributed by atoms with Crippen LogP contribution in [0.1, 0.15) is 36.0 Å². The molecule has 0 atom stereocenters. The van der Waals surface area contributed by atoms with Crippen LogP contribution < -0.4 is 9.47 Å². The normalized spacial score (nSPS) is 11.0. The van der Waals surface area contributed by atoms with Gasteiger partial charge in [-0.2, -0.15) is 20.5 Å². The van der Waals surface area contributed by atoms with E-state index in [0.717, 1.165) is 37.4 Å². The van der Waals surface area contributed by atoms with Crippen molar-refractivity contribution in [2.45, 2.75) is 25.7 Å². The first-order valence-corrected chi connectivity index (χ1v) is 13.9. The van der Waals surface area contributed by atoms with Gasteiger partial charge < -0.3 is 14.2 Å². The molecule has 0 N–H and O–H groups in total. The maximum absolute atomic E-state index is 12.6. The predicted octanol–water partition coefficient (Wildman–Crippen LogP) is 9.40. The molecule has 0 unspecified atom stereocenters. The average Bonchev–Trinajstić information content (AvgIpc) is 3.05. The lowest BCUT2D eigenvalue weighted by molar-refractivity contribution is -0.137. The third-order valence-electron chi connectivity index (χ3n) is 6.02. The molecule has 0 amide bonds. The molecular weight excluding hydrogens is 544 g/mol. The summed E-state index contributed by atoms with van der Waals surface area (Å²) in [5.74, 6) is 0.214. The van der Waals surface area contributed by atoms with Gasteiger partial charge in [0, 0.05) is 6.08 Å². The van der Waals surface area contributed by atoms with Crippen LogP contribution in [0.25, 0.3) is 0 Å². The van der Waals surface area contributed by atoms with E-state index in [4.69, 9.17) is 14.2 Å². The lowest BCUT2D eigenvalue weighted by Crippen LogP contribution is -2.08. The number of carbonyl (C=O) groups excluding carboxylic acids is 2. The molecular formula is C34H32N4O5. The van der Waals surface area contributed by atoms with Crippen molar-refractivity contribution in [3.63, 3.8) is 0 Å². The van der Waals surface area contributed by atoms with E-state index in [2.05, 4.69) is 27.0 Å². The molecule has 4 rings (SSSR count). The van der Waals surface area contributed by atoms with Crippen molar-refractivity contribution < 1.29 is 23.8 Å². The summed E-state index contributed by atoms with van der Waals surface area (Å²) in [6, 6.07) is 30.4. The van der Waals surface area contributed by atoms with E-state index in [0.29, 0.717) is 47.3 Å². The minimum Gasteiger partial charge on any atom is -0.494 e. The fraction of sp³-hybridized carbons (Fsp3) is 0.176. The summed E-state index contributed by atoms with van der Waals surface area (Å²) >= 11 is 0. The Bertz CT molecular complexity index is 1520. The van der Waals surface area contributed by atoms with E-state index < -0.39 is 11.9 Å². The highest BCUT2D eigenvalue weighted by atomic mass is 16.5. The average molecular weight is 577 g/mol. The number of benzene rings is 4. The SMILES string of the molecule is C=CC(=O)OCCCCCCOc1ccc(C(=O)Oc2ccc(N=Nc3ccc(N=Nc4ccccc4)cc3)cc2)cc1. The standard InChI is InChI=1S/C34H32N4O5/c1-2-33(39)42-25-9-4-3-8-24-41-31-20-12-26(13-21-31)34(40)43-32-22-18-30(19-23-32)38-37-29-16-14-28(15-17-29)36-35-27-10-6-5-7-11-27/h2,5-7,10-23H,1,3-4,8-9,24-25H2. The Kier molecular flexibility index (Phi) is 11.9. The molecule has 9 nitrogen and oxygen atoms in total. The van der Waals surface area contributed by atoms with Crippen LogP contribution in [0.15, 0.2) is 136 Å². The van der Waals surface area contributed by atoms with Crippen molar-refractivity contribution in [2.24, 2.45) is 20.5 Å². The van der Waals surface area contributed by atoms with Crippen LogP contribution >= 0.6 is 0 Å². The Morgan fingerprint density at radius 2 is 1.07 bits per heavy atom. The molecule has 0 spiro atoms. The molecule has 218 valence electrons. The topological polar surface area (TPSA) is 111 Å². The second-order valence-corrected chi connectivity index (χ2v) is 9.29. The van der Waals surface area contributed by atoms with Gasteiger partial charge in [-0.25, -0.2) is 9.59 Å². The van der Waals surface area contributed by atoms with E-state index in [1.807, 2.05) is 54.6 Å². The summed E-state index contributed by atoms with van der Waals surface area (Å²) in [5, 5.41) is 16.9. The van der Waals surface area contributed by atoms with Gasteiger partial charge in [0.2, 0.25) is 0 Å². The lowest BCUT2D eigenvalue weighted by Gasteiger charge is -2.08. The van der Waals surface area contributed by atoms with Gasteiger partial charge in [0.25, 0.3) is 0 Å². The van der Waals surface area contributed by atoms with Crippen molar-refractivity contribution in [1.82, 2.24) is 0 Å². The maximum atomic E-state index is 12.6. The first-order chi connectivity index (χ1) is 21.1. The Hall–Kier alpha value is -5.44. The van der Waals surface area contributed by atoms with Gasteiger partial charge in [0.15, 0.2) is 0 Å². The lowest BCUT2D eigenvalue weighted by atomic mass is 10.2. The summed E-state index contributed by atoms with van der Waals surface area (Å²) in [4.78, 5) is 23.6. The number of azo groups is 2. The number of carbonyl (C=O) groups is 2. The fourth-order valence-corrected chi connectivity index (χ4v) is 3.73. The zero-order chi connectivity index (χ0) is 30.1. The van der Waals surface area contributed by atoms with Crippen LogP contribution in [0.5, 0.6) is 11.5 Å². The maximum Gasteiger partial charge on any atom is 0.343 e. The van der Waals surface area contributed by atoms with Crippen LogP contribution in [0.2, 0.25) is 0 Å². The van der Waals surface area contributed by atoms with Crippen LogP contribution in [0.3, 0.4) is 0 Å². The first kappa shape index (κ1) is 30.5. The fourth-order valence-electron chi connectivity index (χ4n) is 3.73. The van der Waals surface area contributed by atoms with Gasteiger partial charge in [-0.15, -0.1) is 0 Å². The number of unbranched alkanes of at least 4 members (excludes halogenated alkanes) is 3. The molecule has 0 bridgehead atoms. The summed E-state index contributed by atoms with van der Waals surface area (Å²) in [7, 11) is 0. The van der Waals surface area contributed by atoms with Crippen LogP contribution in [0, 0.1) is 0 Å². The second kappa shape index (κ2) is 16.7. The molecule has 0 radical (unpaired) electrons. The predicted molar refractivity (Wildman–Crippen MR) is 164 cm³/mol. The molecule has 0 saturated carbocycles. The molecule has 0 aromatic heterocycles. The number of ether oxygens (including phenoxy) is 3. The zero-order valence-corrected chi connectivity index (χ0v) is 23.7. The van der Waals surface area contributed by atoms with E-state index in [1.165, 1.54) is 0 Å². The quantitative estimate of drug-likeness (QED) is 0.0460. The van der Waals surface area contributed by atoms with Crippen molar-refractivity contribution >= 4 is 34.7 Å². The molecule has 0 saturated heterocycles. The molecule has 43 heavy (non-hydrogen) atoms. The largest absolute Gasteiger partial charge is 0.494 e. The van der Waals surface area contributed by atoms with Gasteiger partial charge >= 0.3 is 11.9 Å². The van der Waals surface area contributed by atoms with E-state index in [1.54, 1.807) is 48.5 Å². The highest BCUT2D eigenvalue weighted by Crippen LogP contribution is 2.25. The second-order valence-electron chi connectivity index (χ2n) is 9.29. The van der Waals surface area contributed by atoms with Gasteiger partial charge in [0.1, 0.15) is 11.5 Å². The third-order valence-corrected chi connectivity index (χ3v) is 6.02. The minimum atomic E-state index is -0.470. The van der Waals surface area contributed by atoms with Gasteiger partial charge in [-0.05, 0) is 111 Å². The highest BCUT2D eigenvalue weighted by molar-refractivity contribution is 5.91. The molecule has 0 aliphatic carbocycles. The third kappa shape index (κ3) is 10.8. The Balaban J connectivity index is 1.17. The molecule has 0 fully saturated rings. The number of hydrogen-bond donors (Lipinski definition) is 0. The molecule has 4 aromatic carbocycles.